The van der Waals surface area contributed by atoms with E-state index in [1.807, 2.05) is 0 Å². The first-order chi connectivity index (χ1) is 5.70. The van der Waals surface area contributed by atoms with Crippen LogP contribution < -0.4 is 0 Å². The minimum absolute atomic E-state index is 1.19. The van der Waals surface area contributed by atoms with E-state index in [0.717, 1.165) is 0 Å². The molecule has 1 aromatic rings. The molecule has 1 nitrogen and oxygen atoms in total. The molecule has 0 radical (unpaired) electrons. The van der Waals surface area contributed by atoms with Gasteiger partial charge in [-0.1, -0.05) is 0 Å². The Bertz CT molecular complexity index is 326. The van der Waals surface area contributed by atoms with Crippen LogP contribution in [0.25, 0.3) is 0 Å². The van der Waals surface area contributed by atoms with Gasteiger partial charge in [-0.25, -0.2) is 0 Å². The Hall–Kier alpha value is -0.850. The average Bonchev–Trinajstić information content (AvgIpc) is 2.48. The van der Waals surface area contributed by atoms with E-state index in [2.05, 4.69) is 25.8 Å². The lowest BCUT2D eigenvalue weighted by Gasteiger charge is -2.09. The Labute approximate surface area is 73.8 Å². The first-order valence-electron chi connectivity index (χ1n) is 4.65. The van der Waals surface area contributed by atoms with Gasteiger partial charge in [0.2, 0.25) is 0 Å². The van der Waals surface area contributed by atoms with Gasteiger partial charge in [-0.2, -0.15) is 0 Å². The summed E-state index contributed by atoms with van der Waals surface area (Å²) in [4.78, 5) is 4.61. The van der Waals surface area contributed by atoms with Crippen LogP contribution in [0.4, 0.5) is 0 Å². The SMILES string of the molecule is Cc1nc2c(c(C)c1C)CCC2. The lowest BCUT2D eigenvalue weighted by Crippen LogP contribution is -1.99. The number of rotatable bonds is 0. The second kappa shape index (κ2) is 2.58. The normalized spacial score (nSPS) is 14.9. The van der Waals surface area contributed by atoms with Crippen LogP contribution in [0.1, 0.15) is 34.5 Å². The Balaban J connectivity index is 2.67. The van der Waals surface area contributed by atoms with Gasteiger partial charge in [-0.3, -0.25) is 4.98 Å². The van der Waals surface area contributed by atoms with E-state index in [-0.39, 0.29) is 0 Å². The molecule has 0 spiro atoms. The number of hydrogen-bond acceptors (Lipinski definition) is 1. The van der Waals surface area contributed by atoms with Crippen molar-refractivity contribution in [3.05, 3.63) is 28.1 Å². The zero-order chi connectivity index (χ0) is 8.72. The van der Waals surface area contributed by atoms with Gasteiger partial charge in [0.15, 0.2) is 0 Å². The highest BCUT2D eigenvalue weighted by Gasteiger charge is 2.16. The predicted octanol–water partition coefficient (Wildman–Crippen LogP) is 2.50. The van der Waals surface area contributed by atoms with Crippen molar-refractivity contribution in [2.24, 2.45) is 0 Å². The topological polar surface area (TPSA) is 12.9 Å². The van der Waals surface area contributed by atoms with Crippen molar-refractivity contribution >= 4 is 0 Å². The Morgan fingerprint density at radius 3 is 2.50 bits per heavy atom. The lowest BCUT2D eigenvalue weighted by atomic mass is 10.0. The van der Waals surface area contributed by atoms with Crippen molar-refractivity contribution in [2.75, 3.05) is 0 Å². The van der Waals surface area contributed by atoms with Crippen molar-refractivity contribution in [2.45, 2.75) is 40.0 Å². The molecule has 0 saturated heterocycles. The minimum Gasteiger partial charge on any atom is -0.258 e. The van der Waals surface area contributed by atoms with Crippen LogP contribution in [0.2, 0.25) is 0 Å². The van der Waals surface area contributed by atoms with Crippen molar-refractivity contribution < 1.29 is 0 Å². The Morgan fingerprint density at radius 1 is 1.00 bits per heavy atom. The number of fused-ring (bicyclic) bond motifs is 1. The van der Waals surface area contributed by atoms with E-state index < -0.39 is 0 Å². The molecule has 0 bridgehead atoms. The number of aromatic nitrogens is 1. The van der Waals surface area contributed by atoms with Gasteiger partial charge >= 0.3 is 0 Å². The van der Waals surface area contributed by atoms with E-state index in [1.54, 1.807) is 0 Å². The first kappa shape index (κ1) is 7.78. The molecular weight excluding hydrogens is 146 g/mol. The van der Waals surface area contributed by atoms with Gasteiger partial charge in [0.25, 0.3) is 0 Å². The summed E-state index contributed by atoms with van der Waals surface area (Å²) < 4.78 is 0. The highest BCUT2D eigenvalue weighted by atomic mass is 14.7. The zero-order valence-corrected chi connectivity index (χ0v) is 8.07. The van der Waals surface area contributed by atoms with Crippen LogP contribution in [-0.2, 0) is 12.8 Å². The largest absolute Gasteiger partial charge is 0.258 e. The van der Waals surface area contributed by atoms with Crippen LogP contribution in [0.5, 0.6) is 0 Å². The van der Waals surface area contributed by atoms with Crippen molar-refractivity contribution in [3.8, 4) is 0 Å². The summed E-state index contributed by atoms with van der Waals surface area (Å²) in [6.07, 6.45) is 3.73. The van der Waals surface area contributed by atoms with E-state index >= 15 is 0 Å². The molecule has 1 aromatic heterocycles. The summed E-state index contributed by atoms with van der Waals surface area (Å²) in [6, 6.07) is 0. The maximum absolute atomic E-state index is 4.61. The van der Waals surface area contributed by atoms with Crippen LogP contribution in [0.3, 0.4) is 0 Å². The molecule has 1 heterocycles. The number of nitrogens with zero attached hydrogens (tertiary/aromatic N) is 1. The van der Waals surface area contributed by atoms with Crippen LogP contribution >= 0.6 is 0 Å². The Kier molecular flexibility index (Phi) is 1.67. The Morgan fingerprint density at radius 2 is 1.75 bits per heavy atom. The summed E-state index contributed by atoms with van der Waals surface area (Å²) in [5.74, 6) is 0. The molecule has 1 aliphatic rings. The second-order valence-corrected chi connectivity index (χ2v) is 3.73. The van der Waals surface area contributed by atoms with E-state index in [0.29, 0.717) is 0 Å². The molecule has 0 saturated carbocycles. The van der Waals surface area contributed by atoms with Crippen LogP contribution in [-0.4, -0.2) is 4.98 Å². The van der Waals surface area contributed by atoms with Gasteiger partial charge in [0, 0.05) is 11.4 Å². The fraction of sp³-hybridized carbons (Fsp3) is 0.545. The molecule has 0 fully saturated rings. The van der Waals surface area contributed by atoms with E-state index in [9.17, 15) is 0 Å². The van der Waals surface area contributed by atoms with Gasteiger partial charge in [0.05, 0.1) is 0 Å². The van der Waals surface area contributed by atoms with Crippen LogP contribution in [0, 0.1) is 20.8 Å². The lowest BCUT2D eigenvalue weighted by molar-refractivity contribution is 0.896. The molecule has 1 aliphatic carbocycles. The summed E-state index contributed by atoms with van der Waals surface area (Å²) in [5.41, 5.74) is 6.97. The molecule has 0 unspecified atom stereocenters. The summed E-state index contributed by atoms with van der Waals surface area (Å²) in [6.45, 7) is 6.52. The standard InChI is InChI=1S/C11H15N/c1-7-8(2)10-5-4-6-11(10)12-9(7)3/h4-6H2,1-3H3. The monoisotopic (exact) mass is 161 g/mol. The maximum atomic E-state index is 4.61. The molecule has 1 heteroatoms. The fourth-order valence-corrected chi connectivity index (χ4v) is 2.04. The zero-order valence-electron chi connectivity index (χ0n) is 8.07. The molecule has 64 valence electrons. The van der Waals surface area contributed by atoms with Crippen molar-refractivity contribution in [1.29, 1.82) is 0 Å². The van der Waals surface area contributed by atoms with Crippen LogP contribution in [0.15, 0.2) is 0 Å². The van der Waals surface area contributed by atoms with Gasteiger partial charge in [0.1, 0.15) is 0 Å². The number of hydrogen-bond donors (Lipinski definition) is 0. The molecule has 0 N–H and O–H groups in total. The summed E-state index contributed by atoms with van der Waals surface area (Å²) in [7, 11) is 0. The minimum atomic E-state index is 1.19. The number of aryl methyl sites for hydroxylation is 2. The first-order valence-corrected chi connectivity index (χ1v) is 4.65. The molecule has 0 atom stereocenters. The molecule has 12 heavy (non-hydrogen) atoms. The summed E-state index contributed by atoms with van der Waals surface area (Å²) >= 11 is 0. The highest BCUT2D eigenvalue weighted by molar-refractivity contribution is 5.40. The third-order valence-electron chi connectivity index (χ3n) is 3.05. The van der Waals surface area contributed by atoms with E-state index in [4.69, 9.17) is 0 Å². The third-order valence-corrected chi connectivity index (χ3v) is 3.05. The number of pyridine rings is 1. The van der Waals surface area contributed by atoms with Crippen molar-refractivity contribution in [1.82, 2.24) is 4.98 Å². The van der Waals surface area contributed by atoms with Crippen molar-refractivity contribution in [3.63, 3.8) is 0 Å². The quantitative estimate of drug-likeness (QED) is 0.569. The van der Waals surface area contributed by atoms with Gasteiger partial charge in [-0.05, 0) is 56.7 Å². The fourth-order valence-electron chi connectivity index (χ4n) is 2.04. The summed E-state index contributed by atoms with van der Waals surface area (Å²) in [5, 5.41) is 0. The van der Waals surface area contributed by atoms with Gasteiger partial charge < -0.3 is 0 Å². The highest BCUT2D eigenvalue weighted by Crippen LogP contribution is 2.26. The molecular formula is C11H15N. The maximum Gasteiger partial charge on any atom is 0.0441 e. The van der Waals surface area contributed by atoms with Gasteiger partial charge in [-0.15, -0.1) is 0 Å². The van der Waals surface area contributed by atoms with E-state index in [1.165, 1.54) is 47.3 Å². The molecule has 0 aliphatic heterocycles. The molecule has 0 amide bonds. The third kappa shape index (κ3) is 0.961. The molecule has 0 aromatic carbocycles. The molecule has 2 rings (SSSR count). The predicted molar refractivity (Wildman–Crippen MR) is 50.5 cm³/mol. The second-order valence-electron chi connectivity index (χ2n) is 3.73. The average molecular weight is 161 g/mol. The smallest absolute Gasteiger partial charge is 0.0441 e.